The van der Waals surface area contributed by atoms with Crippen molar-refractivity contribution in [1.82, 2.24) is 4.90 Å². The number of rotatable bonds is 6. The first-order valence-corrected chi connectivity index (χ1v) is 11.0. The van der Waals surface area contributed by atoms with E-state index < -0.39 is 11.8 Å². The number of fused-ring (bicyclic) bond motifs is 2. The Morgan fingerprint density at radius 3 is 2.58 bits per heavy atom. The third kappa shape index (κ3) is 4.47. The molecular formula is C23H24Cl2FNO4. The summed E-state index contributed by atoms with van der Waals surface area (Å²) >= 11 is 12.5. The number of carboxylic acid groups (broad SMARTS) is 1. The van der Waals surface area contributed by atoms with Crippen LogP contribution in [0.3, 0.4) is 0 Å². The molecule has 2 aromatic carbocycles. The molecule has 1 saturated heterocycles. The van der Waals surface area contributed by atoms with Crippen LogP contribution < -0.4 is 9.47 Å². The van der Waals surface area contributed by atoms with E-state index in [0.29, 0.717) is 28.8 Å². The van der Waals surface area contributed by atoms with Gasteiger partial charge in [-0.15, -0.1) is 0 Å². The molecule has 1 N–H and O–H groups in total. The molecule has 0 amide bonds. The Morgan fingerprint density at radius 2 is 1.94 bits per heavy atom. The van der Waals surface area contributed by atoms with Crippen molar-refractivity contribution in [2.24, 2.45) is 0 Å². The monoisotopic (exact) mass is 467 g/mol. The maximum atomic E-state index is 15.2. The maximum absolute atomic E-state index is 15.2. The molecule has 1 fully saturated rings. The number of halogens is 3. The van der Waals surface area contributed by atoms with Crippen LogP contribution in [-0.4, -0.2) is 42.2 Å². The fraction of sp³-hybridized carbons (Fsp3) is 0.435. The van der Waals surface area contributed by atoms with Crippen LogP contribution in [-0.2, 0) is 16.8 Å². The second-order valence-electron chi connectivity index (χ2n) is 8.30. The molecule has 8 heteroatoms. The highest BCUT2D eigenvalue weighted by Crippen LogP contribution is 2.48. The zero-order valence-corrected chi connectivity index (χ0v) is 18.7. The smallest absolute Gasteiger partial charge is 0.304 e. The normalized spacial score (nSPS) is 17.4. The molecule has 4 rings (SSSR count). The van der Waals surface area contributed by atoms with Crippen molar-refractivity contribution in [2.45, 2.75) is 38.2 Å². The highest BCUT2D eigenvalue weighted by molar-refractivity contribution is 6.36. The number of hydrogen-bond donors (Lipinski definition) is 1. The molecule has 0 unspecified atom stereocenters. The molecule has 0 aliphatic carbocycles. The molecule has 2 aliphatic rings. The van der Waals surface area contributed by atoms with Crippen LogP contribution in [0.1, 0.15) is 36.0 Å². The predicted octanol–water partition coefficient (Wildman–Crippen LogP) is 5.22. The van der Waals surface area contributed by atoms with Crippen LogP contribution in [0.5, 0.6) is 11.5 Å². The number of likely N-dealkylation sites (tertiary alicyclic amines) is 1. The van der Waals surface area contributed by atoms with E-state index in [9.17, 15) is 4.79 Å². The van der Waals surface area contributed by atoms with Crippen molar-refractivity contribution in [1.29, 1.82) is 0 Å². The van der Waals surface area contributed by atoms with E-state index in [0.717, 1.165) is 37.1 Å². The standard InChI is InChI=1S/C23H24Cl2FNO4/c1-14-10-17(24)15(18(25)11-14)12-30-19-3-2-16-22(21(19)26)31-13-23(16)5-8-27(9-6-23)7-4-20(28)29/h2-3,10-11H,4-9,12-13H2,1H3,(H,28,29). The lowest BCUT2D eigenvalue weighted by molar-refractivity contribution is -0.137. The lowest BCUT2D eigenvalue weighted by Gasteiger charge is -2.38. The Labute approximate surface area is 190 Å². The number of piperidine rings is 1. The van der Waals surface area contributed by atoms with E-state index in [1.807, 2.05) is 13.0 Å². The number of carboxylic acids is 1. The lowest BCUT2D eigenvalue weighted by Crippen LogP contribution is -2.44. The first kappa shape index (κ1) is 22.2. The molecule has 1 spiro atoms. The van der Waals surface area contributed by atoms with E-state index in [-0.39, 0.29) is 29.9 Å². The zero-order chi connectivity index (χ0) is 22.2. The van der Waals surface area contributed by atoms with E-state index in [4.69, 9.17) is 37.8 Å². The molecule has 0 bridgehead atoms. The van der Waals surface area contributed by atoms with E-state index in [2.05, 4.69) is 4.90 Å². The van der Waals surface area contributed by atoms with Gasteiger partial charge in [0.05, 0.1) is 13.0 Å². The van der Waals surface area contributed by atoms with Crippen LogP contribution in [0.4, 0.5) is 4.39 Å². The molecule has 2 heterocycles. The molecule has 31 heavy (non-hydrogen) atoms. The minimum atomic E-state index is -0.794. The number of carbonyl (C=O) groups is 1. The van der Waals surface area contributed by atoms with Crippen molar-refractivity contribution in [3.8, 4) is 11.5 Å². The van der Waals surface area contributed by atoms with E-state index in [1.165, 1.54) is 0 Å². The summed E-state index contributed by atoms with van der Waals surface area (Å²) in [5, 5.41) is 9.85. The van der Waals surface area contributed by atoms with Gasteiger partial charge in [-0.25, -0.2) is 0 Å². The second kappa shape index (κ2) is 8.85. The third-order valence-electron chi connectivity index (χ3n) is 6.24. The zero-order valence-electron chi connectivity index (χ0n) is 17.2. The minimum Gasteiger partial charge on any atom is -0.489 e. The SMILES string of the molecule is Cc1cc(Cl)c(COc2ccc3c(c2F)OCC32CCN(CCC(=O)O)CC2)c(Cl)c1. The van der Waals surface area contributed by atoms with Gasteiger partial charge in [-0.1, -0.05) is 29.3 Å². The molecular weight excluding hydrogens is 444 g/mol. The summed E-state index contributed by atoms with van der Waals surface area (Å²) < 4.78 is 26.7. The van der Waals surface area contributed by atoms with Gasteiger partial charge in [0.1, 0.15) is 6.61 Å². The largest absolute Gasteiger partial charge is 0.489 e. The van der Waals surface area contributed by atoms with Gasteiger partial charge in [0.2, 0.25) is 5.82 Å². The van der Waals surface area contributed by atoms with Crippen molar-refractivity contribution in [2.75, 3.05) is 26.2 Å². The van der Waals surface area contributed by atoms with Crippen molar-refractivity contribution >= 4 is 29.2 Å². The number of benzene rings is 2. The van der Waals surface area contributed by atoms with Crippen LogP contribution in [0.15, 0.2) is 24.3 Å². The topological polar surface area (TPSA) is 59.0 Å². The fourth-order valence-electron chi connectivity index (χ4n) is 4.39. The Balaban J connectivity index is 1.47. The number of aryl methyl sites for hydroxylation is 1. The van der Waals surface area contributed by atoms with Gasteiger partial charge in [0.25, 0.3) is 0 Å². The Bertz CT molecular complexity index is 982. The summed E-state index contributed by atoms with van der Waals surface area (Å²) in [5.41, 5.74) is 2.18. The molecule has 0 aromatic heterocycles. The Morgan fingerprint density at radius 1 is 1.26 bits per heavy atom. The van der Waals surface area contributed by atoms with Gasteiger partial charge in [-0.3, -0.25) is 4.79 Å². The number of aliphatic carboxylic acids is 1. The summed E-state index contributed by atoms with van der Waals surface area (Å²) in [5.74, 6) is -0.959. The van der Waals surface area contributed by atoms with E-state index in [1.54, 1.807) is 18.2 Å². The lowest BCUT2D eigenvalue weighted by atomic mass is 9.74. The van der Waals surface area contributed by atoms with Crippen LogP contribution in [0, 0.1) is 12.7 Å². The van der Waals surface area contributed by atoms with Gasteiger partial charge in [0, 0.05) is 33.1 Å². The molecule has 0 saturated carbocycles. The molecule has 5 nitrogen and oxygen atoms in total. The Kier molecular flexibility index (Phi) is 6.33. The molecule has 2 aliphatic heterocycles. The Hall–Kier alpha value is -2.02. The van der Waals surface area contributed by atoms with Gasteiger partial charge < -0.3 is 19.5 Å². The van der Waals surface area contributed by atoms with Crippen LogP contribution in [0.25, 0.3) is 0 Å². The minimum absolute atomic E-state index is 0.0529. The molecule has 0 atom stereocenters. The molecule has 166 valence electrons. The maximum Gasteiger partial charge on any atom is 0.304 e. The van der Waals surface area contributed by atoms with E-state index >= 15 is 4.39 Å². The quantitative estimate of drug-likeness (QED) is 0.630. The first-order valence-electron chi connectivity index (χ1n) is 10.3. The average Bonchev–Trinajstić information content (AvgIpc) is 3.07. The van der Waals surface area contributed by atoms with Gasteiger partial charge in [-0.2, -0.15) is 4.39 Å². The van der Waals surface area contributed by atoms with Crippen LogP contribution >= 0.6 is 23.2 Å². The summed E-state index contributed by atoms with van der Waals surface area (Å²) in [6.07, 6.45) is 1.73. The number of nitrogens with zero attached hydrogens (tertiary/aromatic N) is 1. The summed E-state index contributed by atoms with van der Waals surface area (Å²) in [6, 6.07) is 7.10. The first-order chi connectivity index (χ1) is 14.8. The predicted molar refractivity (Wildman–Crippen MR) is 117 cm³/mol. The molecule has 2 aromatic rings. The van der Waals surface area contributed by atoms with Gasteiger partial charge in [0.15, 0.2) is 11.5 Å². The highest BCUT2D eigenvalue weighted by atomic mass is 35.5. The second-order valence-corrected chi connectivity index (χ2v) is 9.12. The highest BCUT2D eigenvalue weighted by Gasteiger charge is 2.44. The fourth-order valence-corrected chi connectivity index (χ4v) is 5.09. The summed E-state index contributed by atoms with van der Waals surface area (Å²) in [4.78, 5) is 12.9. The summed E-state index contributed by atoms with van der Waals surface area (Å²) in [6.45, 7) is 4.43. The van der Waals surface area contributed by atoms with Crippen molar-refractivity contribution in [3.63, 3.8) is 0 Å². The number of ether oxygens (including phenoxy) is 2. The number of hydrogen-bond acceptors (Lipinski definition) is 4. The van der Waals surface area contributed by atoms with Gasteiger partial charge >= 0.3 is 5.97 Å². The van der Waals surface area contributed by atoms with Crippen LogP contribution in [0.2, 0.25) is 10.0 Å². The molecule has 0 radical (unpaired) electrons. The van der Waals surface area contributed by atoms with Crippen molar-refractivity contribution in [3.05, 3.63) is 56.8 Å². The average molecular weight is 468 g/mol. The summed E-state index contributed by atoms with van der Waals surface area (Å²) in [7, 11) is 0. The van der Waals surface area contributed by atoms with Crippen molar-refractivity contribution < 1.29 is 23.8 Å². The third-order valence-corrected chi connectivity index (χ3v) is 6.91. The van der Waals surface area contributed by atoms with Gasteiger partial charge in [-0.05, 0) is 56.6 Å².